The molecule has 2 saturated heterocycles. The second-order valence-corrected chi connectivity index (χ2v) is 12.2. The molecule has 29 heavy (non-hydrogen) atoms. The lowest BCUT2D eigenvalue weighted by Gasteiger charge is -2.43. The van der Waals surface area contributed by atoms with Crippen LogP contribution in [0, 0.1) is 5.92 Å². The molecule has 1 aliphatic carbocycles. The van der Waals surface area contributed by atoms with Crippen LogP contribution in [0.3, 0.4) is 0 Å². The molecular formula is C23H34N2O2S2. The van der Waals surface area contributed by atoms with E-state index in [1.165, 1.54) is 62.5 Å². The summed E-state index contributed by atoms with van der Waals surface area (Å²) in [6, 6.07) is 8.47. The van der Waals surface area contributed by atoms with Crippen LogP contribution in [0.15, 0.2) is 41.3 Å². The first-order valence-electron chi connectivity index (χ1n) is 11.1. The average Bonchev–Trinajstić information content (AvgIpc) is 3.26. The quantitative estimate of drug-likeness (QED) is 0.684. The van der Waals surface area contributed by atoms with Crippen molar-refractivity contribution in [3.63, 3.8) is 0 Å². The van der Waals surface area contributed by atoms with Crippen LogP contribution in [-0.2, 0) is 9.84 Å². The summed E-state index contributed by atoms with van der Waals surface area (Å²) in [5.74, 6) is 1.97. The van der Waals surface area contributed by atoms with Gasteiger partial charge in [-0.1, -0.05) is 43.5 Å². The summed E-state index contributed by atoms with van der Waals surface area (Å²) in [7, 11) is -3.16. The topological polar surface area (TPSA) is 58.2 Å². The largest absolute Gasteiger partial charge is 0.310 e. The summed E-state index contributed by atoms with van der Waals surface area (Å²) in [6.07, 6.45) is 15.2. The van der Waals surface area contributed by atoms with E-state index in [2.05, 4.69) is 34.5 Å². The Kier molecular flexibility index (Phi) is 7.05. The molecule has 3 fully saturated rings. The summed E-state index contributed by atoms with van der Waals surface area (Å²) >= 11 is 2.06. The predicted octanol–water partition coefficient (Wildman–Crippen LogP) is 4.09. The molecule has 1 aromatic carbocycles. The molecule has 1 aromatic rings. The smallest absolute Gasteiger partial charge is 0.175 e. The van der Waals surface area contributed by atoms with E-state index in [1.807, 2.05) is 12.1 Å². The Bertz CT molecular complexity index is 795. The minimum Gasteiger partial charge on any atom is -0.310 e. The van der Waals surface area contributed by atoms with E-state index in [1.54, 1.807) is 12.1 Å². The molecule has 0 radical (unpaired) electrons. The zero-order valence-electron chi connectivity index (χ0n) is 17.3. The molecule has 6 heteroatoms. The SMILES string of the molecule is CS(=O)(=O)c1ccc(C2NC(/C=C\C3CCCS3)CNC2C2CCCCC2)cc1. The van der Waals surface area contributed by atoms with E-state index in [4.69, 9.17) is 0 Å². The highest BCUT2D eigenvalue weighted by Crippen LogP contribution is 2.35. The number of piperazine rings is 1. The van der Waals surface area contributed by atoms with Crippen LogP contribution >= 0.6 is 11.8 Å². The fraction of sp³-hybridized carbons (Fsp3) is 0.652. The normalized spacial score (nSPS) is 32.0. The van der Waals surface area contributed by atoms with Crippen molar-refractivity contribution >= 4 is 21.6 Å². The Hall–Kier alpha value is -0.820. The van der Waals surface area contributed by atoms with Crippen molar-refractivity contribution in [3.8, 4) is 0 Å². The van der Waals surface area contributed by atoms with Gasteiger partial charge in [0.15, 0.2) is 9.84 Å². The van der Waals surface area contributed by atoms with Gasteiger partial charge in [0.1, 0.15) is 0 Å². The Morgan fingerprint density at radius 3 is 2.41 bits per heavy atom. The molecule has 160 valence electrons. The Balaban J connectivity index is 1.53. The van der Waals surface area contributed by atoms with E-state index >= 15 is 0 Å². The monoisotopic (exact) mass is 434 g/mol. The van der Waals surface area contributed by atoms with Gasteiger partial charge in [0.05, 0.1) is 4.90 Å². The summed E-state index contributed by atoms with van der Waals surface area (Å²) in [4.78, 5) is 0.397. The maximum Gasteiger partial charge on any atom is 0.175 e. The van der Waals surface area contributed by atoms with Gasteiger partial charge in [0.2, 0.25) is 0 Å². The number of sulfone groups is 1. The standard InChI is InChI=1S/C23H34N2O2S2/c1-29(26,27)21-13-9-18(10-14-21)23-22(17-6-3-2-4-7-17)24-16-19(25-23)11-12-20-8-5-15-28-20/h9-14,17,19-20,22-25H,2-8,15-16H2,1H3/b12-11-. The van der Waals surface area contributed by atoms with E-state index < -0.39 is 9.84 Å². The molecule has 4 rings (SSSR count). The number of nitrogens with one attached hydrogen (secondary N) is 2. The molecular weight excluding hydrogens is 400 g/mol. The number of benzene rings is 1. The highest BCUT2D eigenvalue weighted by molar-refractivity contribution is 8.00. The molecule has 0 amide bonds. The van der Waals surface area contributed by atoms with Crippen molar-refractivity contribution < 1.29 is 8.42 Å². The van der Waals surface area contributed by atoms with Gasteiger partial charge < -0.3 is 10.6 Å². The van der Waals surface area contributed by atoms with E-state index in [-0.39, 0.29) is 6.04 Å². The molecule has 1 saturated carbocycles. The van der Waals surface area contributed by atoms with Gasteiger partial charge in [-0.2, -0.15) is 11.8 Å². The van der Waals surface area contributed by atoms with E-state index in [9.17, 15) is 8.42 Å². The average molecular weight is 435 g/mol. The van der Waals surface area contributed by atoms with Crippen molar-refractivity contribution in [1.29, 1.82) is 0 Å². The lowest BCUT2D eigenvalue weighted by molar-refractivity contribution is 0.185. The third-order valence-corrected chi connectivity index (χ3v) is 9.15. The van der Waals surface area contributed by atoms with Crippen LogP contribution in [-0.4, -0.2) is 44.3 Å². The van der Waals surface area contributed by atoms with Crippen molar-refractivity contribution in [3.05, 3.63) is 42.0 Å². The molecule has 4 unspecified atom stereocenters. The summed E-state index contributed by atoms with van der Waals surface area (Å²) in [6.45, 7) is 0.965. The van der Waals surface area contributed by atoms with Crippen molar-refractivity contribution in [2.45, 2.75) is 73.2 Å². The summed E-state index contributed by atoms with van der Waals surface area (Å²) < 4.78 is 23.7. The van der Waals surface area contributed by atoms with Crippen LogP contribution < -0.4 is 10.6 Å². The van der Waals surface area contributed by atoms with Gasteiger partial charge in [-0.3, -0.25) is 0 Å². The molecule has 2 heterocycles. The number of thioether (sulfide) groups is 1. The molecule has 4 nitrogen and oxygen atoms in total. The lowest BCUT2D eigenvalue weighted by atomic mass is 9.78. The predicted molar refractivity (Wildman–Crippen MR) is 122 cm³/mol. The second kappa shape index (κ2) is 9.54. The number of hydrogen-bond donors (Lipinski definition) is 2. The van der Waals surface area contributed by atoms with Crippen LogP contribution in [0.4, 0.5) is 0 Å². The van der Waals surface area contributed by atoms with Gasteiger partial charge >= 0.3 is 0 Å². The molecule has 2 aliphatic heterocycles. The molecule has 0 bridgehead atoms. The van der Waals surface area contributed by atoms with Crippen LogP contribution in [0.2, 0.25) is 0 Å². The highest BCUT2D eigenvalue weighted by Gasteiger charge is 2.35. The third-order valence-electron chi connectivity index (χ3n) is 6.67. The highest BCUT2D eigenvalue weighted by atomic mass is 32.2. The number of rotatable bonds is 5. The van der Waals surface area contributed by atoms with Crippen LogP contribution in [0.1, 0.15) is 56.6 Å². The fourth-order valence-corrected chi connectivity index (χ4v) is 6.87. The van der Waals surface area contributed by atoms with Gasteiger partial charge in [-0.15, -0.1) is 0 Å². The molecule has 0 spiro atoms. The van der Waals surface area contributed by atoms with Crippen molar-refractivity contribution in [2.24, 2.45) is 5.92 Å². The molecule has 2 N–H and O–H groups in total. The fourth-order valence-electron chi connectivity index (χ4n) is 5.07. The van der Waals surface area contributed by atoms with Gasteiger partial charge in [-0.25, -0.2) is 8.42 Å². The third kappa shape index (κ3) is 5.46. The lowest BCUT2D eigenvalue weighted by Crippen LogP contribution is -2.58. The first kappa shape index (κ1) is 21.4. The zero-order valence-corrected chi connectivity index (χ0v) is 19.0. The van der Waals surface area contributed by atoms with Crippen molar-refractivity contribution in [1.82, 2.24) is 10.6 Å². The Morgan fingerprint density at radius 1 is 1.00 bits per heavy atom. The van der Waals surface area contributed by atoms with Crippen molar-refractivity contribution in [2.75, 3.05) is 18.6 Å². The maximum atomic E-state index is 11.9. The molecule has 4 atom stereocenters. The zero-order chi connectivity index (χ0) is 20.3. The first-order valence-corrected chi connectivity index (χ1v) is 14.0. The van der Waals surface area contributed by atoms with Gasteiger partial charge in [0.25, 0.3) is 0 Å². The van der Waals surface area contributed by atoms with Gasteiger partial charge in [-0.05, 0) is 55.1 Å². The van der Waals surface area contributed by atoms with Crippen LogP contribution in [0.25, 0.3) is 0 Å². The Morgan fingerprint density at radius 2 is 1.76 bits per heavy atom. The van der Waals surface area contributed by atoms with Gasteiger partial charge in [0, 0.05) is 36.2 Å². The van der Waals surface area contributed by atoms with Crippen LogP contribution in [0.5, 0.6) is 0 Å². The van der Waals surface area contributed by atoms with E-state index in [0.29, 0.717) is 28.1 Å². The maximum absolute atomic E-state index is 11.9. The summed E-state index contributed by atoms with van der Waals surface area (Å²) in [5.41, 5.74) is 1.19. The summed E-state index contributed by atoms with van der Waals surface area (Å²) in [5, 5.41) is 8.43. The molecule has 0 aromatic heterocycles. The number of hydrogen-bond acceptors (Lipinski definition) is 5. The second-order valence-electron chi connectivity index (χ2n) is 8.86. The molecule has 3 aliphatic rings. The first-order chi connectivity index (χ1) is 14.0. The Labute approximate surface area is 180 Å². The van der Waals surface area contributed by atoms with E-state index in [0.717, 1.165) is 6.54 Å². The minimum absolute atomic E-state index is 0.214. The minimum atomic E-state index is -3.16.